The first kappa shape index (κ1) is 13.2. The first-order valence-corrected chi connectivity index (χ1v) is 5.86. The lowest BCUT2D eigenvalue weighted by atomic mass is 10.1. The molecule has 0 amide bonds. The Labute approximate surface area is 109 Å². The number of ether oxygens (including phenoxy) is 1. The summed E-state index contributed by atoms with van der Waals surface area (Å²) in [6.45, 7) is 2.01. The highest BCUT2D eigenvalue weighted by atomic mass is 19.2. The monoisotopic (exact) mass is 262 g/mol. The van der Waals surface area contributed by atoms with Crippen molar-refractivity contribution in [3.8, 4) is 5.75 Å². The van der Waals surface area contributed by atoms with E-state index in [9.17, 15) is 13.6 Å². The molecular weight excluding hydrogens is 250 g/mol. The Morgan fingerprint density at radius 3 is 2.32 bits per heavy atom. The maximum Gasteiger partial charge on any atom is 0.343 e. The lowest BCUT2D eigenvalue weighted by Gasteiger charge is -2.05. The number of halogens is 2. The number of hydrogen-bond donors (Lipinski definition) is 0. The molecule has 0 aliphatic heterocycles. The maximum atomic E-state index is 13.0. The van der Waals surface area contributed by atoms with Gasteiger partial charge in [0.05, 0.1) is 5.56 Å². The summed E-state index contributed by atoms with van der Waals surface area (Å²) < 4.78 is 30.7. The number of carbonyl (C=O) groups excluding carboxylic acids is 1. The fraction of sp³-hybridized carbons (Fsp3) is 0.133. The molecule has 0 N–H and O–H groups in total. The van der Waals surface area contributed by atoms with Gasteiger partial charge in [0.2, 0.25) is 0 Å². The molecule has 0 spiro atoms. The predicted octanol–water partition coefficient (Wildman–Crippen LogP) is 3.75. The molecule has 0 unspecified atom stereocenters. The summed E-state index contributed by atoms with van der Waals surface area (Å²) >= 11 is 0. The average Bonchev–Trinajstić information content (AvgIpc) is 2.43. The molecule has 0 heterocycles. The van der Waals surface area contributed by atoms with Crippen LogP contribution in [-0.2, 0) is 6.42 Å². The van der Waals surface area contributed by atoms with Gasteiger partial charge in [-0.1, -0.05) is 19.1 Å². The van der Waals surface area contributed by atoms with Crippen molar-refractivity contribution in [2.24, 2.45) is 0 Å². The third-order valence-corrected chi connectivity index (χ3v) is 2.70. The van der Waals surface area contributed by atoms with E-state index in [2.05, 4.69) is 0 Å². The van der Waals surface area contributed by atoms with Crippen molar-refractivity contribution < 1.29 is 18.3 Å². The maximum absolute atomic E-state index is 13.0. The second kappa shape index (κ2) is 5.61. The van der Waals surface area contributed by atoms with Crippen LogP contribution in [0, 0.1) is 11.6 Å². The van der Waals surface area contributed by atoms with Crippen molar-refractivity contribution in [3.05, 3.63) is 65.2 Å². The molecule has 0 aliphatic carbocycles. The molecule has 0 bridgehead atoms. The number of esters is 1. The topological polar surface area (TPSA) is 26.3 Å². The lowest BCUT2D eigenvalue weighted by Crippen LogP contribution is -2.08. The fourth-order valence-corrected chi connectivity index (χ4v) is 1.58. The van der Waals surface area contributed by atoms with Crippen LogP contribution in [0.2, 0.25) is 0 Å². The van der Waals surface area contributed by atoms with Crippen LogP contribution in [0.5, 0.6) is 5.75 Å². The molecule has 19 heavy (non-hydrogen) atoms. The van der Waals surface area contributed by atoms with E-state index in [4.69, 9.17) is 4.74 Å². The van der Waals surface area contributed by atoms with Crippen molar-refractivity contribution in [2.75, 3.05) is 0 Å². The van der Waals surface area contributed by atoms with Crippen LogP contribution in [0.4, 0.5) is 8.78 Å². The zero-order chi connectivity index (χ0) is 13.8. The lowest BCUT2D eigenvalue weighted by molar-refractivity contribution is 0.0734. The molecule has 0 saturated heterocycles. The normalized spacial score (nSPS) is 10.3. The van der Waals surface area contributed by atoms with E-state index in [1.54, 1.807) is 12.1 Å². The molecule has 2 aromatic rings. The van der Waals surface area contributed by atoms with Crippen molar-refractivity contribution in [3.63, 3.8) is 0 Å². The van der Waals surface area contributed by atoms with Crippen molar-refractivity contribution in [1.82, 2.24) is 0 Å². The molecule has 0 aliphatic rings. The summed E-state index contributed by atoms with van der Waals surface area (Å²) in [5, 5.41) is 0. The SMILES string of the molecule is CCc1ccc(C(=O)Oc2ccc(F)c(F)c2)cc1. The minimum atomic E-state index is -1.05. The van der Waals surface area contributed by atoms with E-state index in [0.717, 1.165) is 24.1 Å². The average molecular weight is 262 g/mol. The van der Waals surface area contributed by atoms with Gasteiger partial charge in [0.25, 0.3) is 0 Å². The van der Waals surface area contributed by atoms with Gasteiger partial charge in [-0.3, -0.25) is 0 Å². The molecule has 0 radical (unpaired) electrons. The second-order valence-electron chi connectivity index (χ2n) is 4.02. The summed E-state index contributed by atoms with van der Waals surface area (Å²) in [4.78, 5) is 11.8. The number of aryl methyl sites for hydroxylation is 1. The Morgan fingerprint density at radius 2 is 1.74 bits per heavy atom. The second-order valence-corrected chi connectivity index (χ2v) is 4.02. The van der Waals surface area contributed by atoms with E-state index in [1.807, 2.05) is 19.1 Å². The van der Waals surface area contributed by atoms with Crippen molar-refractivity contribution >= 4 is 5.97 Å². The Balaban J connectivity index is 2.13. The zero-order valence-corrected chi connectivity index (χ0v) is 10.3. The largest absolute Gasteiger partial charge is 0.423 e. The fourth-order valence-electron chi connectivity index (χ4n) is 1.58. The summed E-state index contributed by atoms with van der Waals surface area (Å²) in [6, 6.07) is 9.88. The molecule has 2 nitrogen and oxygen atoms in total. The van der Waals surface area contributed by atoms with Gasteiger partial charge in [-0.05, 0) is 36.2 Å². The molecule has 0 fully saturated rings. The van der Waals surface area contributed by atoms with Gasteiger partial charge >= 0.3 is 5.97 Å². The highest BCUT2D eigenvalue weighted by Crippen LogP contribution is 2.17. The van der Waals surface area contributed by atoms with Gasteiger partial charge in [0.1, 0.15) is 5.75 Å². The Morgan fingerprint density at radius 1 is 1.05 bits per heavy atom. The number of rotatable bonds is 3. The van der Waals surface area contributed by atoms with Crippen LogP contribution in [0.1, 0.15) is 22.8 Å². The van der Waals surface area contributed by atoms with Gasteiger partial charge in [-0.25, -0.2) is 13.6 Å². The van der Waals surface area contributed by atoms with Gasteiger partial charge in [-0.2, -0.15) is 0 Å². The van der Waals surface area contributed by atoms with E-state index in [-0.39, 0.29) is 5.75 Å². The van der Waals surface area contributed by atoms with Crippen LogP contribution < -0.4 is 4.74 Å². The molecule has 2 rings (SSSR count). The third kappa shape index (κ3) is 3.16. The van der Waals surface area contributed by atoms with E-state index in [1.165, 1.54) is 6.07 Å². The Bertz CT molecular complexity index is 592. The Hall–Kier alpha value is -2.23. The third-order valence-electron chi connectivity index (χ3n) is 2.70. The predicted molar refractivity (Wildman–Crippen MR) is 67.1 cm³/mol. The smallest absolute Gasteiger partial charge is 0.343 e. The minimum Gasteiger partial charge on any atom is -0.423 e. The van der Waals surface area contributed by atoms with E-state index < -0.39 is 17.6 Å². The number of carbonyl (C=O) groups is 1. The zero-order valence-electron chi connectivity index (χ0n) is 10.3. The van der Waals surface area contributed by atoms with Crippen LogP contribution >= 0.6 is 0 Å². The molecule has 0 saturated carbocycles. The summed E-state index contributed by atoms with van der Waals surface area (Å²) in [5.74, 6) is -2.66. The number of benzene rings is 2. The summed E-state index contributed by atoms with van der Waals surface area (Å²) in [6.07, 6.45) is 0.874. The molecule has 98 valence electrons. The van der Waals surface area contributed by atoms with Gasteiger partial charge in [0.15, 0.2) is 11.6 Å². The van der Waals surface area contributed by atoms with Crippen LogP contribution in [0.25, 0.3) is 0 Å². The first-order chi connectivity index (χ1) is 9.10. The van der Waals surface area contributed by atoms with Crippen LogP contribution in [-0.4, -0.2) is 5.97 Å². The first-order valence-electron chi connectivity index (χ1n) is 5.86. The molecule has 4 heteroatoms. The highest BCUT2D eigenvalue weighted by Gasteiger charge is 2.10. The van der Waals surface area contributed by atoms with E-state index in [0.29, 0.717) is 5.56 Å². The number of hydrogen-bond acceptors (Lipinski definition) is 2. The molecule has 0 aromatic heterocycles. The molecule has 2 aromatic carbocycles. The quantitative estimate of drug-likeness (QED) is 0.622. The van der Waals surface area contributed by atoms with Crippen molar-refractivity contribution in [1.29, 1.82) is 0 Å². The van der Waals surface area contributed by atoms with Gasteiger partial charge in [-0.15, -0.1) is 0 Å². The van der Waals surface area contributed by atoms with Gasteiger partial charge < -0.3 is 4.74 Å². The standard InChI is InChI=1S/C15H12F2O2/c1-2-10-3-5-11(6-4-10)15(18)19-12-7-8-13(16)14(17)9-12/h3-9H,2H2,1H3. The minimum absolute atomic E-state index is 0.0246. The molecule has 0 atom stereocenters. The van der Waals surface area contributed by atoms with E-state index >= 15 is 0 Å². The summed E-state index contributed by atoms with van der Waals surface area (Å²) in [7, 11) is 0. The van der Waals surface area contributed by atoms with Gasteiger partial charge in [0, 0.05) is 6.07 Å². The van der Waals surface area contributed by atoms with Crippen LogP contribution in [0.15, 0.2) is 42.5 Å². The summed E-state index contributed by atoms with van der Waals surface area (Å²) in [5.41, 5.74) is 1.46. The molecular formula is C15H12F2O2. The van der Waals surface area contributed by atoms with Crippen LogP contribution in [0.3, 0.4) is 0 Å². The Kier molecular flexibility index (Phi) is 3.90. The van der Waals surface area contributed by atoms with Crippen molar-refractivity contribution in [2.45, 2.75) is 13.3 Å². The highest BCUT2D eigenvalue weighted by molar-refractivity contribution is 5.91.